The Hall–Kier alpha value is -1.35. The molecular weight excluding hydrogens is 222 g/mol. The highest BCUT2D eigenvalue weighted by molar-refractivity contribution is 5.76. The first-order valence-corrected chi connectivity index (χ1v) is 6.85. The molecule has 1 heterocycles. The summed E-state index contributed by atoms with van der Waals surface area (Å²) in [5.74, 6) is 1.19. The molecule has 18 heavy (non-hydrogen) atoms. The topological polar surface area (TPSA) is 29.9 Å². The van der Waals surface area contributed by atoms with Crippen LogP contribution in [-0.2, 0) is 19.9 Å². The molecule has 0 saturated carbocycles. The zero-order valence-corrected chi connectivity index (χ0v) is 11.7. The Morgan fingerprint density at radius 3 is 2.83 bits per heavy atom. The van der Waals surface area contributed by atoms with Crippen LogP contribution in [0.3, 0.4) is 0 Å². The van der Waals surface area contributed by atoms with Gasteiger partial charge in [-0.3, -0.25) is 0 Å². The number of hydrogen-bond donors (Lipinski definition) is 1. The fourth-order valence-corrected chi connectivity index (χ4v) is 2.37. The Labute approximate surface area is 109 Å². The molecule has 0 spiro atoms. The van der Waals surface area contributed by atoms with Gasteiger partial charge in [-0.2, -0.15) is 0 Å². The van der Waals surface area contributed by atoms with Crippen molar-refractivity contribution in [2.45, 2.75) is 32.6 Å². The summed E-state index contributed by atoms with van der Waals surface area (Å²) in [4.78, 5) is 4.74. The van der Waals surface area contributed by atoms with E-state index in [1.165, 1.54) is 23.3 Å². The van der Waals surface area contributed by atoms with Crippen molar-refractivity contribution < 1.29 is 0 Å². The number of hydrogen-bond acceptors (Lipinski definition) is 2. The van der Waals surface area contributed by atoms with E-state index in [-0.39, 0.29) is 0 Å². The molecule has 0 amide bonds. The van der Waals surface area contributed by atoms with E-state index in [1.807, 2.05) is 7.05 Å². The first kappa shape index (κ1) is 13.1. The number of rotatable bonds is 6. The van der Waals surface area contributed by atoms with Gasteiger partial charge >= 0.3 is 0 Å². The predicted molar refractivity (Wildman–Crippen MR) is 77.0 cm³/mol. The van der Waals surface area contributed by atoms with Gasteiger partial charge in [-0.15, -0.1) is 0 Å². The third-order valence-electron chi connectivity index (χ3n) is 3.40. The van der Waals surface area contributed by atoms with E-state index in [0.29, 0.717) is 0 Å². The molecule has 98 valence electrons. The quantitative estimate of drug-likeness (QED) is 0.793. The average molecular weight is 245 g/mol. The highest BCUT2D eigenvalue weighted by Crippen LogP contribution is 2.18. The number of fused-ring (bicyclic) bond motifs is 1. The highest BCUT2D eigenvalue weighted by Gasteiger charge is 2.07. The number of aromatic nitrogens is 2. The normalized spacial score (nSPS) is 11.3. The van der Waals surface area contributed by atoms with Crippen molar-refractivity contribution in [1.29, 1.82) is 0 Å². The molecule has 2 aromatic rings. The molecule has 1 aromatic heterocycles. The summed E-state index contributed by atoms with van der Waals surface area (Å²) in [6.45, 7) is 3.27. The molecule has 1 aromatic carbocycles. The fraction of sp³-hybridized carbons (Fsp3) is 0.533. The predicted octanol–water partition coefficient (Wildman–Crippen LogP) is 2.68. The minimum absolute atomic E-state index is 1.06. The molecule has 2 rings (SSSR count). The molecule has 0 aliphatic carbocycles. The van der Waals surface area contributed by atoms with Crippen molar-refractivity contribution in [2.75, 3.05) is 13.6 Å². The summed E-state index contributed by atoms with van der Waals surface area (Å²) in [6.07, 6.45) is 4.50. The van der Waals surface area contributed by atoms with Crippen LogP contribution in [0.4, 0.5) is 0 Å². The van der Waals surface area contributed by atoms with Crippen LogP contribution in [0.2, 0.25) is 0 Å². The summed E-state index contributed by atoms with van der Waals surface area (Å²) in [5.41, 5.74) is 3.78. The van der Waals surface area contributed by atoms with E-state index in [4.69, 9.17) is 4.98 Å². The zero-order valence-electron chi connectivity index (χ0n) is 11.7. The fourth-order valence-electron chi connectivity index (χ4n) is 2.37. The first-order valence-electron chi connectivity index (χ1n) is 6.85. The van der Waals surface area contributed by atoms with Crippen LogP contribution >= 0.6 is 0 Å². The molecule has 0 fully saturated rings. The molecule has 3 nitrogen and oxygen atoms in total. The second-order valence-corrected chi connectivity index (χ2v) is 4.87. The van der Waals surface area contributed by atoms with E-state index >= 15 is 0 Å². The van der Waals surface area contributed by atoms with Crippen LogP contribution in [0.1, 0.15) is 31.2 Å². The lowest BCUT2D eigenvalue weighted by atomic mass is 10.1. The molecular formula is C15H23N3. The van der Waals surface area contributed by atoms with Gasteiger partial charge < -0.3 is 9.88 Å². The van der Waals surface area contributed by atoms with E-state index in [0.717, 1.165) is 31.3 Å². The lowest BCUT2D eigenvalue weighted by Gasteiger charge is -2.02. The molecule has 0 aliphatic rings. The minimum Gasteiger partial charge on any atom is -0.331 e. The maximum atomic E-state index is 4.74. The van der Waals surface area contributed by atoms with Gasteiger partial charge in [-0.1, -0.05) is 13.0 Å². The van der Waals surface area contributed by atoms with E-state index in [9.17, 15) is 0 Å². The van der Waals surface area contributed by atoms with Crippen molar-refractivity contribution in [1.82, 2.24) is 14.9 Å². The minimum atomic E-state index is 1.06. The van der Waals surface area contributed by atoms with Crippen molar-refractivity contribution in [3.05, 3.63) is 29.6 Å². The summed E-state index contributed by atoms with van der Waals surface area (Å²) in [5, 5.41) is 3.19. The lowest BCUT2D eigenvalue weighted by Crippen LogP contribution is -2.08. The first-order chi connectivity index (χ1) is 8.76. The van der Waals surface area contributed by atoms with Crippen molar-refractivity contribution in [2.24, 2.45) is 7.05 Å². The second-order valence-electron chi connectivity index (χ2n) is 4.87. The third kappa shape index (κ3) is 2.72. The van der Waals surface area contributed by atoms with E-state index in [1.54, 1.807) is 0 Å². The molecule has 0 bridgehead atoms. The van der Waals surface area contributed by atoms with Crippen LogP contribution < -0.4 is 5.32 Å². The van der Waals surface area contributed by atoms with Crippen molar-refractivity contribution >= 4 is 11.0 Å². The van der Waals surface area contributed by atoms with Gasteiger partial charge in [0.2, 0.25) is 0 Å². The average Bonchev–Trinajstić information content (AvgIpc) is 2.67. The molecule has 1 N–H and O–H groups in total. The smallest absolute Gasteiger partial charge is 0.109 e. The molecule has 3 heteroatoms. The Kier molecular flexibility index (Phi) is 4.37. The van der Waals surface area contributed by atoms with Gasteiger partial charge in [-0.25, -0.2) is 4.98 Å². The zero-order chi connectivity index (χ0) is 13.0. The van der Waals surface area contributed by atoms with Gasteiger partial charge in [0.15, 0.2) is 0 Å². The SMILES string of the molecule is CCCc1nc2cc(CCCNC)ccc2n1C. The highest BCUT2D eigenvalue weighted by atomic mass is 15.1. The van der Waals surface area contributed by atoms with Crippen LogP contribution in [0.5, 0.6) is 0 Å². The number of nitrogens with zero attached hydrogens (tertiary/aromatic N) is 2. The number of aryl methyl sites for hydroxylation is 3. The van der Waals surface area contributed by atoms with Crippen molar-refractivity contribution in [3.8, 4) is 0 Å². The van der Waals surface area contributed by atoms with Gasteiger partial charge in [-0.05, 0) is 50.6 Å². The summed E-state index contributed by atoms with van der Waals surface area (Å²) in [6, 6.07) is 6.68. The monoisotopic (exact) mass is 245 g/mol. The third-order valence-corrected chi connectivity index (χ3v) is 3.40. The molecule has 0 aliphatic heterocycles. The van der Waals surface area contributed by atoms with Crippen molar-refractivity contribution in [3.63, 3.8) is 0 Å². The molecule has 0 atom stereocenters. The van der Waals surface area contributed by atoms with Gasteiger partial charge in [0.25, 0.3) is 0 Å². The number of benzene rings is 1. The Bertz CT molecular complexity index is 514. The van der Waals surface area contributed by atoms with Gasteiger partial charge in [0, 0.05) is 13.5 Å². The maximum absolute atomic E-state index is 4.74. The van der Waals surface area contributed by atoms with Crippen LogP contribution in [0, 0.1) is 0 Å². The number of imidazole rings is 1. The van der Waals surface area contributed by atoms with Crippen LogP contribution in [-0.4, -0.2) is 23.1 Å². The summed E-state index contributed by atoms with van der Waals surface area (Å²) in [7, 11) is 4.11. The largest absolute Gasteiger partial charge is 0.331 e. The summed E-state index contributed by atoms with van der Waals surface area (Å²) < 4.78 is 2.22. The van der Waals surface area contributed by atoms with Gasteiger partial charge in [0.1, 0.15) is 5.82 Å². The Morgan fingerprint density at radius 2 is 2.11 bits per heavy atom. The second kappa shape index (κ2) is 6.01. The van der Waals surface area contributed by atoms with Crippen LogP contribution in [0.15, 0.2) is 18.2 Å². The van der Waals surface area contributed by atoms with E-state index in [2.05, 4.69) is 42.1 Å². The van der Waals surface area contributed by atoms with E-state index < -0.39 is 0 Å². The Balaban J connectivity index is 2.22. The maximum Gasteiger partial charge on any atom is 0.109 e. The molecule has 0 unspecified atom stereocenters. The molecule has 0 radical (unpaired) electrons. The standard InChI is InChI=1S/C15H23N3/c1-4-6-15-17-13-11-12(7-5-10-16-2)8-9-14(13)18(15)3/h8-9,11,16H,4-7,10H2,1-3H3. The lowest BCUT2D eigenvalue weighted by molar-refractivity contribution is 0.725. The van der Waals surface area contributed by atoms with Crippen LogP contribution in [0.25, 0.3) is 11.0 Å². The summed E-state index contributed by atoms with van der Waals surface area (Å²) >= 11 is 0. The Morgan fingerprint density at radius 1 is 1.28 bits per heavy atom. The number of nitrogens with one attached hydrogen (secondary N) is 1. The van der Waals surface area contributed by atoms with Gasteiger partial charge in [0.05, 0.1) is 11.0 Å². The molecule has 0 saturated heterocycles.